The predicted molar refractivity (Wildman–Crippen MR) is 66.8 cm³/mol. The summed E-state index contributed by atoms with van der Waals surface area (Å²) in [6, 6.07) is 12.0. The van der Waals surface area contributed by atoms with E-state index in [1.807, 2.05) is 37.3 Å². The maximum Gasteiger partial charge on any atom is 0.101 e. The van der Waals surface area contributed by atoms with Gasteiger partial charge in [0.25, 0.3) is 0 Å². The van der Waals surface area contributed by atoms with Gasteiger partial charge in [-0.05, 0) is 24.6 Å². The fraction of sp³-hybridized carbons (Fsp3) is 0.0769. The van der Waals surface area contributed by atoms with Crippen molar-refractivity contribution in [1.82, 2.24) is 4.98 Å². The van der Waals surface area contributed by atoms with Gasteiger partial charge >= 0.3 is 0 Å². The predicted octanol–water partition coefficient (Wildman–Crippen LogP) is 3.69. The first kappa shape index (κ1) is 10.8. The Kier molecular flexibility index (Phi) is 3.02. The Morgan fingerprint density at radius 1 is 1.25 bits per heavy atom. The van der Waals surface area contributed by atoms with Crippen LogP contribution < -0.4 is 0 Å². The second-order valence-corrected chi connectivity index (χ2v) is 4.32. The number of halogens is 1. The van der Waals surface area contributed by atoms with E-state index >= 15 is 0 Å². The van der Waals surface area contributed by atoms with Crippen LogP contribution in [0.3, 0.4) is 0 Å². The molecule has 0 aliphatic rings. The Morgan fingerprint density at radius 3 is 2.69 bits per heavy atom. The molecule has 0 amide bonds. The van der Waals surface area contributed by atoms with Crippen LogP contribution >= 0.6 is 15.9 Å². The summed E-state index contributed by atoms with van der Waals surface area (Å²) in [6.07, 6.45) is 1.62. The molecule has 2 aromatic rings. The van der Waals surface area contributed by atoms with Crippen molar-refractivity contribution in [2.75, 3.05) is 0 Å². The first-order valence-corrected chi connectivity index (χ1v) is 5.63. The van der Waals surface area contributed by atoms with Gasteiger partial charge < -0.3 is 0 Å². The molecule has 1 aromatic carbocycles. The molecule has 0 unspecified atom stereocenters. The largest absolute Gasteiger partial charge is 0.260 e. The molecule has 0 N–H and O–H groups in total. The zero-order valence-corrected chi connectivity index (χ0v) is 10.3. The third-order valence-electron chi connectivity index (χ3n) is 2.33. The van der Waals surface area contributed by atoms with Gasteiger partial charge in [-0.3, -0.25) is 4.98 Å². The molecule has 2 nitrogen and oxygen atoms in total. The third-order valence-corrected chi connectivity index (χ3v) is 3.02. The lowest BCUT2D eigenvalue weighted by atomic mass is 10.0. The molecule has 0 aliphatic heterocycles. The van der Waals surface area contributed by atoms with Crippen LogP contribution in [-0.4, -0.2) is 4.98 Å². The van der Waals surface area contributed by atoms with Gasteiger partial charge in [0, 0.05) is 21.9 Å². The number of hydrogen-bond acceptors (Lipinski definition) is 2. The van der Waals surface area contributed by atoms with E-state index in [0.717, 1.165) is 21.3 Å². The van der Waals surface area contributed by atoms with Gasteiger partial charge in [0.2, 0.25) is 0 Å². The van der Waals surface area contributed by atoms with E-state index in [2.05, 4.69) is 27.0 Å². The van der Waals surface area contributed by atoms with Gasteiger partial charge in [0.05, 0.1) is 5.56 Å². The Bertz CT molecular complexity index is 570. The van der Waals surface area contributed by atoms with Crippen LogP contribution in [-0.2, 0) is 0 Å². The van der Waals surface area contributed by atoms with Crippen LogP contribution in [0.25, 0.3) is 11.1 Å². The second kappa shape index (κ2) is 4.46. The van der Waals surface area contributed by atoms with Crippen molar-refractivity contribution in [2.24, 2.45) is 0 Å². The fourth-order valence-electron chi connectivity index (χ4n) is 1.55. The Hall–Kier alpha value is -1.66. The van der Waals surface area contributed by atoms with Crippen LogP contribution in [0.1, 0.15) is 11.3 Å². The average Bonchev–Trinajstić information content (AvgIpc) is 2.29. The molecule has 78 valence electrons. The van der Waals surface area contributed by atoms with Gasteiger partial charge in [0.1, 0.15) is 6.07 Å². The molecule has 2 rings (SSSR count). The maximum absolute atomic E-state index is 9.06. The van der Waals surface area contributed by atoms with Crippen molar-refractivity contribution in [3.8, 4) is 17.2 Å². The van der Waals surface area contributed by atoms with Crippen molar-refractivity contribution < 1.29 is 0 Å². The van der Waals surface area contributed by atoms with E-state index < -0.39 is 0 Å². The molecule has 3 heteroatoms. The third kappa shape index (κ3) is 1.98. The first-order valence-electron chi connectivity index (χ1n) is 4.84. The Morgan fingerprint density at radius 2 is 2.00 bits per heavy atom. The number of nitrogens with zero attached hydrogens (tertiary/aromatic N) is 2. The molecule has 1 aromatic heterocycles. The van der Waals surface area contributed by atoms with Crippen LogP contribution in [0, 0.1) is 18.3 Å². The van der Waals surface area contributed by atoms with E-state index in [1.54, 1.807) is 6.20 Å². The number of benzene rings is 1. The summed E-state index contributed by atoms with van der Waals surface area (Å²) in [4.78, 5) is 4.13. The van der Waals surface area contributed by atoms with Crippen LogP contribution in [0.4, 0.5) is 0 Å². The maximum atomic E-state index is 9.06. The molecule has 16 heavy (non-hydrogen) atoms. The van der Waals surface area contributed by atoms with E-state index in [4.69, 9.17) is 5.26 Å². The molecule has 0 bridgehead atoms. The lowest BCUT2D eigenvalue weighted by Gasteiger charge is -2.07. The molecule has 1 heterocycles. The topological polar surface area (TPSA) is 36.7 Å². The van der Waals surface area contributed by atoms with Crippen molar-refractivity contribution in [3.05, 3.63) is 52.3 Å². The highest BCUT2D eigenvalue weighted by atomic mass is 79.9. The van der Waals surface area contributed by atoms with Gasteiger partial charge in [0.15, 0.2) is 0 Å². The summed E-state index contributed by atoms with van der Waals surface area (Å²) >= 11 is 3.49. The van der Waals surface area contributed by atoms with E-state index in [0.29, 0.717) is 5.56 Å². The SMILES string of the molecule is Cc1cc(-c2ccccc2Br)c(C#N)cn1. The molecule has 0 spiro atoms. The van der Waals surface area contributed by atoms with Crippen molar-refractivity contribution in [2.45, 2.75) is 6.92 Å². The summed E-state index contributed by atoms with van der Waals surface area (Å²) in [7, 11) is 0. The normalized spacial score (nSPS) is 9.81. The molecule has 0 aliphatic carbocycles. The number of rotatable bonds is 1. The lowest BCUT2D eigenvalue weighted by molar-refractivity contribution is 1.19. The fourth-order valence-corrected chi connectivity index (χ4v) is 2.05. The van der Waals surface area contributed by atoms with Crippen LogP contribution in [0.2, 0.25) is 0 Å². The first-order chi connectivity index (χ1) is 7.72. The molecular weight excluding hydrogens is 264 g/mol. The number of hydrogen-bond donors (Lipinski definition) is 0. The molecular formula is C13H9BrN2. The molecule has 0 atom stereocenters. The number of aromatic nitrogens is 1. The minimum atomic E-state index is 0.595. The highest BCUT2D eigenvalue weighted by Gasteiger charge is 2.08. The highest BCUT2D eigenvalue weighted by Crippen LogP contribution is 2.30. The van der Waals surface area contributed by atoms with Crippen molar-refractivity contribution in [3.63, 3.8) is 0 Å². The second-order valence-electron chi connectivity index (χ2n) is 3.46. The Balaban J connectivity index is 2.69. The van der Waals surface area contributed by atoms with Crippen molar-refractivity contribution >= 4 is 15.9 Å². The number of pyridine rings is 1. The Labute approximate surface area is 103 Å². The van der Waals surface area contributed by atoms with Gasteiger partial charge in [-0.2, -0.15) is 5.26 Å². The van der Waals surface area contributed by atoms with Crippen LogP contribution in [0.15, 0.2) is 41.0 Å². The minimum absolute atomic E-state index is 0.595. The van der Waals surface area contributed by atoms with Crippen LogP contribution in [0.5, 0.6) is 0 Å². The monoisotopic (exact) mass is 272 g/mol. The molecule has 0 radical (unpaired) electrons. The van der Waals surface area contributed by atoms with E-state index in [9.17, 15) is 0 Å². The average molecular weight is 273 g/mol. The molecule has 0 saturated heterocycles. The van der Waals surface area contributed by atoms with Crippen molar-refractivity contribution in [1.29, 1.82) is 5.26 Å². The highest BCUT2D eigenvalue weighted by molar-refractivity contribution is 9.10. The summed E-state index contributed by atoms with van der Waals surface area (Å²) in [5.41, 5.74) is 3.44. The van der Waals surface area contributed by atoms with Gasteiger partial charge in [-0.15, -0.1) is 0 Å². The zero-order valence-electron chi connectivity index (χ0n) is 8.74. The minimum Gasteiger partial charge on any atom is -0.260 e. The van der Waals surface area contributed by atoms with E-state index in [-0.39, 0.29) is 0 Å². The summed E-state index contributed by atoms with van der Waals surface area (Å²) in [5.74, 6) is 0. The summed E-state index contributed by atoms with van der Waals surface area (Å²) < 4.78 is 0.983. The quantitative estimate of drug-likeness (QED) is 0.794. The number of aryl methyl sites for hydroxylation is 1. The summed E-state index contributed by atoms with van der Waals surface area (Å²) in [6.45, 7) is 1.92. The smallest absolute Gasteiger partial charge is 0.101 e. The summed E-state index contributed by atoms with van der Waals surface area (Å²) in [5, 5.41) is 9.06. The standard InChI is InChI=1S/C13H9BrN2/c1-9-6-12(10(7-15)8-16-9)11-4-2-3-5-13(11)14/h2-6,8H,1H3. The lowest BCUT2D eigenvalue weighted by Crippen LogP contribution is -1.90. The number of nitriles is 1. The van der Waals surface area contributed by atoms with Gasteiger partial charge in [-0.1, -0.05) is 34.1 Å². The molecule has 0 fully saturated rings. The molecule has 0 saturated carbocycles. The zero-order chi connectivity index (χ0) is 11.5. The van der Waals surface area contributed by atoms with Gasteiger partial charge in [-0.25, -0.2) is 0 Å². The van der Waals surface area contributed by atoms with E-state index in [1.165, 1.54) is 0 Å².